The number of anilines is 1. The fourth-order valence-corrected chi connectivity index (χ4v) is 5.13. The van der Waals surface area contributed by atoms with Crippen molar-refractivity contribution in [1.29, 1.82) is 0 Å². The number of carbonyl (C=O) groups excluding carboxylic acids is 3. The lowest BCUT2D eigenvalue weighted by Gasteiger charge is -2.32. The molecule has 1 aliphatic heterocycles. The van der Waals surface area contributed by atoms with Gasteiger partial charge in [0.2, 0.25) is 5.91 Å². The van der Waals surface area contributed by atoms with Crippen LogP contribution < -0.4 is 16.0 Å². The Hall–Kier alpha value is -3.71. The second kappa shape index (κ2) is 11.8. The van der Waals surface area contributed by atoms with Crippen LogP contribution in [0, 0.1) is 17.7 Å². The van der Waals surface area contributed by atoms with Gasteiger partial charge in [-0.2, -0.15) is 18.3 Å². The number of halogens is 4. The number of amides is 4. The van der Waals surface area contributed by atoms with Gasteiger partial charge >= 0.3 is 12.2 Å². The van der Waals surface area contributed by atoms with Gasteiger partial charge in [-0.05, 0) is 50.7 Å². The van der Waals surface area contributed by atoms with Gasteiger partial charge in [0.05, 0.1) is 19.3 Å². The zero-order chi connectivity index (χ0) is 29.2. The molecule has 2 aromatic heterocycles. The Morgan fingerprint density at radius 3 is 2.52 bits per heavy atom. The first-order chi connectivity index (χ1) is 18.8. The second-order valence-corrected chi connectivity index (χ2v) is 10.8. The third kappa shape index (κ3) is 6.70. The molecule has 1 aliphatic carbocycles. The summed E-state index contributed by atoms with van der Waals surface area (Å²) >= 11 is 0. The van der Waals surface area contributed by atoms with Crippen molar-refractivity contribution in [2.45, 2.75) is 77.3 Å². The first-order valence-electron chi connectivity index (χ1n) is 13.2. The Balaban J connectivity index is 1.51. The maximum Gasteiger partial charge on any atom is 0.410 e. The van der Waals surface area contributed by atoms with Gasteiger partial charge in [0.25, 0.3) is 5.91 Å². The maximum absolute atomic E-state index is 14.5. The molecule has 0 spiro atoms. The highest BCUT2D eigenvalue weighted by atomic mass is 19.4. The van der Waals surface area contributed by atoms with Crippen LogP contribution in [0.1, 0.15) is 68.5 Å². The Bertz CT molecular complexity index is 1240. The lowest BCUT2D eigenvalue weighted by Crippen LogP contribution is -2.49. The van der Waals surface area contributed by atoms with Gasteiger partial charge in [-0.15, -0.1) is 0 Å². The molecule has 0 bridgehead atoms. The van der Waals surface area contributed by atoms with Gasteiger partial charge in [-0.25, -0.2) is 14.2 Å². The molecule has 14 heteroatoms. The Kier molecular flexibility index (Phi) is 8.64. The van der Waals surface area contributed by atoms with Crippen molar-refractivity contribution < 1.29 is 31.9 Å². The van der Waals surface area contributed by atoms with Crippen LogP contribution in [0.2, 0.25) is 0 Å². The number of rotatable bonds is 8. The Labute approximate surface area is 228 Å². The number of carbonyl (C=O) groups is 3. The number of hydrogen-bond donors (Lipinski definition) is 3. The van der Waals surface area contributed by atoms with Crippen molar-refractivity contribution >= 4 is 23.7 Å². The molecule has 1 saturated carbocycles. The van der Waals surface area contributed by atoms with E-state index in [9.17, 15) is 31.9 Å². The molecule has 1 unspecified atom stereocenters. The van der Waals surface area contributed by atoms with E-state index >= 15 is 0 Å². The standard InChI is InChI=1S/C26H33F4N7O3/c1-14(2)37-19(8-9-32-37)23(38)35-22(16-6-4-15(3)5-7-16)24(39)34-21-10-17(18(27)11-31-21)12-36-13-20(26(28,29)30)33-25(36)40/h8-11,14-16,20,22H,4-7,12-13H2,1-3H3,(H,33,40)(H,35,38)(H,31,34,39)/t15?,16?,20-,22?/m0/s1. The number of nitrogens with one attached hydrogen (secondary N) is 3. The maximum atomic E-state index is 14.5. The van der Waals surface area contributed by atoms with E-state index in [1.165, 1.54) is 12.3 Å². The molecular formula is C26H33F4N7O3. The van der Waals surface area contributed by atoms with Crippen LogP contribution in [0.3, 0.4) is 0 Å². The fraction of sp³-hybridized carbons (Fsp3) is 0.577. The summed E-state index contributed by atoms with van der Waals surface area (Å²) in [4.78, 5) is 43.4. The molecule has 2 aliphatic rings. The van der Waals surface area contributed by atoms with Crippen molar-refractivity contribution in [2.75, 3.05) is 11.9 Å². The molecule has 4 rings (SSSR count). The quantitative estimate of drug-likeness (QED) is 0.416. The van der Waals surface area contributed by atoms with Crippen LogP contribution in [-0.2, 0) is 11.3 Å². The zero-order valence-electron chi connectivity index (χ0n) is 22.5. The van der Waals surface area contributed by atoms with Gasteiger partial charge in [-0.3, -0.25) is 14.3 Å². The Morgan fingerprint density at radius 2 is 1.90 bits per heavy atom. The highest BCUT2D eigenvalue weighted by molar-refractivity contribution is 6.00. The van der Waals surface area contributed by atoms with Crippen LogP contribution in [-0.4, -0.2) is 62.3 Å². The Morgan fingerprint density at radius 1 is 1.20 bits per heavy atom. The summed E-state index contributed by atoms with van der Waals surface area (Å²) in [6, 6.07) is -1.28. The predicted octanol–water partition coefficient (Wildman–Crippen LogP) is 4.02. The predicted molar refractivity (Wildman–Crippen MR) is 137 cm³/mol. The van der Waals surface area contributed by atoms with E-state index in [0.29, 0.717) is 11.6 Å². The van der Waals surface area contributed by atoms with Crippen molar-refractivity contribution in [3.63, 3.8) is 0 Å². The summed E-state index contributed by atoms with van der Waals surface area (Å²) in [6.07, 6.45) is 0.924. The van der Waals surface area contributed by atoms with E-state index in [2.05, 4.69) is 27.6 Å². The minimum Gasteiger partial charge on any atom is -0.339 e. The molecule has 0 radical (unpaired) electrons. The van der Waals surface area contributed by atoms with Crippen molar-refractivity contribution in [1.82, 2.24) is 30.3 Å². The molecule has 10 nitrogen and oxygen atoms in total. The lowest BCUT2D eigenvalue weighted by molar-refractivity contribution is -0.149. The molecule has 0 aromatic carbocycles. The van der Waals surface area contributed by atoms with E-state index in [-0.39, 0.29) is 23.3 Å². The fourth-order valence-electron chi connectivity index (χ4n) is 5.13. The van der Waals surface area contributed by atoms with E-state index in [0.717, 1.165) is 36.8 Å². The van der Waals surface area contributed by atoms with Crippen LogP contribution in [0.25, 0.3) is 0 Å². The molecule has 3 heterocycles. The number of pyridine rings is 1. The number of alkyl halides is 3. The van der Waals surface area contributed by atoms with Crippen molar-refractivity contribution in [2.24, 2.45) is 11.8 Å². The zero-order valence-corrected chi connectivity index (χ0v) is 22.5. The highest BCUT2D eigenvalue weighted by Crippen LogP contribution is 2.31. The number of aromatic nitrogens is 3. The average Bonchev–Trinajstić information content (AvgIpc) is 3.52. The first-order valence-corrected chi connectivity index (χ1v) is 13.2. The number of nitrogens with zero attached hydrogens (tertiary/aromatic N) is 4. The first kappa shape index (κ1) is 29.3. The number of urea groups is 1. The summed E-state index contributed by atoms with van der Waals surface area (Å²) in [5.41, 5.74) is 0.191. The van der Waals surface area contributed by atoms with E-state index in [1.54, 1.807) is 10.7 Å². The molecule has 2 aromatic rings. The smallest absolute Gasteiger partial charge is 0.339 e. The van der Waals surface area contributed by atoms with E-state index in [1.807, 2.05) is 19.2 Å². The molecule has 4 amide bonds. The highest BCUT2D eigenvalue weighted by Gasteiger charge is 2.47. The molecule has 40 heavy (non-hydrogen) atoms. The summed E-state index contributed by atoms with van der Waals surface area (Å²) in [7, 11) is 0. The minimum absolute atomic E-state index is 0.0518. The largest absolute Gasteiger partial charge is 0.410 e. The molecule has 2 fully saturated rings. The van der Waals surface area contributed by atoms with Crippen molar-refractivity contribution in [3.8, 4) is 0 Å². The minimum atomic E-state index is -4.64. The van der Waals surface area contributed by atoms with E-state index in [4.69, 9.17) is 0 Å². The molecule has 2 atom stereocenters. The monoisotopic (exact) mass is 567 g/mol. The molecule has 218 valence electrons. The van der Waals surface area contributed by atoms with Gasteiger partial charge < -0.3 is 20.9 Å². The molecular weight excluding hydrogens is 534 g/mol. The summed E-state index contributed by atoms with van der Waals surface area (Å²) in [6.45, 7) is 4.77. The van der Waals surface area contributed by atoms with Crippen LogP contribution >= 0.6 is 0 Å². The van der Waals surface area contributed by atoms with Gasteiger partial charge in [0.15, 0.2) is 0 Å². The van der Waals surface area contributed by atoms with E-state index < -0.39 is 55.0 Å². The molecule has 1 saturated heterocycles. The summed E-state index contributed by atoms with van der Waals surface area (Å²) in [5, 5.41) is 11.5. The topological polar surface area (TPSA) is 121 Å². The summed E-state index contributed by atoms with van der Waals surface area (Å²) < 4.78 is 55.1. The number of hydrogen-bond acceptors (Lipinski definition) is 5. The molecule has 3 N–H and O–H groups in total. The van der Waals surface area contributed by atoms with Crippen molar-refractivity contribution in [3.05, 3.63) is 41.6 Å². The third-order valence-electron chi connectivity index (χ3n) is 7.42. The van der Waals surface area contributed by atoms with Gasteiger partial charge in [0.1, 0.15) is 29.4 Å². The normalized spacial score (nSPS) is 22.2. The van der Waals surface area contributed by atoms with Crippen LogP contribution in [0.4, 0.5) is 28.2 Å². The summed E-state index contributed by atoms with van der Waals surface area (Å²) in [5.74, 6) is -1.55. The van der Waals surface area contributed by atoms with Crippen LogP contribution in [0.15, 0.2) is 24.5 Å². The van der Waals surface area contributed by atoms with Gasteiger partial charge in [-0.1, -0.05) is 19.8 Å². The average molecular weight is 568 g/mol. The van der Waals surface area contributed by atoms with Gasteiger partial charge in [0, 0.05) is 17.8 Å². The SMILES string of the molecule is CC1CCC(C(NC(=O)c2ccnn2C(C)C)C(=O)Nc2cc(CN3C[C@@H](C(F)(F)F)NC3=O)c(F)cn2)CC1. The second-order valence-electron chi connectivity index (χ2n) is 10.8. The lowest BCUT2D eigenvalue weighted by atomic mass is 9.79. The third-order valence-corrected chi connectivity index (χ3v) is 7.42. The van der Waals surface area contributed by atoms with Crippen LogP contribution in [0.5, 0.6) is 0 Å².